The summed E-state index contributed by atoms with van der Waals surface area (Å²) in [6.45, 7) is 11.7. The second-order valence-corrected chi connectivity index (χ2v) is 7.38. The Balaban J connectivity index is 1.95. The largest absolute Gasteiger partial charge is 0.374 e. The highest BCUT2D eigenvalue weighted by Gasteiger charge is 2.26. The molecule has 3 unspecified atom stereocenters. The summed E-state index contributed by atoms with van der Waals surface area (Å²) >= 11 is 0. The van der Waals surface area contributed by atoms with Crippen molar-refractivity contribution in [1.82, 2.24) is 0 Å². The van der Waals surface area contributed by atoms with Crippen molar-refractivity contribution in [3.8, 4) is 0 Å². The maximum atomic E-state index is 7.44. The lowest BCUT2D eigenvalue weighted by Gasteiger charge is -2.32. The molecule has 0 spiro atoms. The normalized spacial score (nSPS) is 29.4. The maximum absolute atomic E-state index is 7.44. The average molecular weight is 316 g/mol. The molecular weight excluding hydrogens is 282 g/mol. The third-order valence-electron chi connectivity index (χ3n) is 5.57. The topological polar surface area (TPSA) is 33.1 Å². The van der Waals surface area contributed by atoms with E-state index in [-0.39, 0.29) is 6.10 Å². The summed E-state index contributed by atoms with van der Waals surface area (Å²) < 4.78 is 6.31. The molecule has 128 valence electrons. The zero-order valence-corrected chi connectivity index (χ0v) is 15.1. The third-order valence-corrected chi connectivity index (χ3v) is 5.57. The smallest absolute Gasteiger partial charge is 0.0764 e. The summed E-state index contributed by atoms with van der Waals surface area (Å²) in [5, 5.41) is 7.44. The molecule has 2 aliphatic carbocycles. The van der Waals surface area contributed by atoms with Crippen molar-refractivity contribution in [2.24, 2.45) is 17.8 Å². The molecule has 0 aromatic carbocycles. The molecule has 0 bridgehead atoms. The van der Waals surface area contributed by atoms with Gasteiger partial charge in [-0.1, -0.05) is 43.7 Å². The fourth-order valence-electron chi connectivity index (χ4n) is 3.95. The summed E-state index contributed by atoms with van der Waals surface area (Å²) in [5.41, 5.74) is 3.93. The fourth-order valence-corrected chi connectivity index (χ4v) is 3.95. The molecule has 1 N–H and O–H groups in total. The van der Waals surface area contributed by atoms with Gasteiger partial charge in [0.1, 0.15) is 0 Å². The minimum Gasteiger partial charge on any atom is -0.374 e. The lowest BCUT2D eigenvalue weighted by Crippen LogP contribution is -2.26. The molecule has 0 saturated carbocycles. The quantitative estimate of drug-likeness (QED) is 0.474. The number of allylic oxidation sites excluding steroid dienone is 3. The SMILES string of the molecule is C=C(C=N)C1CC(C)=CC(OCC2CCCC=C2[C@@H](C)CC)C1. The van der Waals surface area contributed by atoms with Crippen LogP contribution in [-0.4, -0.2) is 18.9 Å². The molecular formula is C21H33NO. The van der Waals surface area contributed by atoms with Crippen LogP contribution in [0.1, 0.15) is 59.3 Å². The van der Waals surface area contributed by atoms with Gasteiger partial charge in [0.15, 0.2) is 0 Å². The van der Waals surface area contributed by atoms with Gasteiger partial charge in [-0.15, -0.1) is 0 Å². The molecule has 0 aliphatic heterocycles. The van der Waals surface area contributed by atoms with Crippen molar-refractivity contribution < 1.29 is 4.74 Å². The van der Waals surface area contributed by atoms with Crippen LogP contribution in [0.25, 0.3) is 0 Å². The van der Waals surface area contributed by atoms with Gasteiger partial charge < -0.3 is 10.1 Å². The van der Waals surface area contributed by atoms with Gasteiger partial charge in [0.25, 0.3) is 0 Å². The first-order chi connectivity index (χ1) is 11.0. The molecule has 0 heterocycles. The highest BCUT2D eigenvalue weighted by Crippen LogP contribution is 2.34. The number of hydrogen-bond acceptors (Lipinski definition) is 2. The van der Waals surface area contributed by atoms with Crippen LogP contribution in [-0.2, 0) is 4.74 Å². The van der Waals surface area contributed by atoms with Crippen molar-refractivity contribution in [2.75, 3.05) is 6.61 Å². The summed E-state index contributed by atoms with van der Waals surface area (Å²) in [7, 11) is 0. The van der Waals surface area contributed by atoms with Crippen molar-refractivity contribution in [1.29, 1.82) is 5.41 Å². The predicted octanol–water partition coefficient (Wildman–Crippen LogP) is 5.71. The fraction of sp³-hybridized carbons (Fsp3) is 0.667. The van der Waals surface area contributed by atoms with E-state index in [9.17, 15) is 0 Å². The Morgan fingerprint density at radius 3 is 3.00 bits per heavy atom. The second kappa shape index (κ2) is 8.63. The van der Waals surface area contributed by atoms with E-state index in [0.717, 1.165) is 25.0 Å². The van der Waals surface area contributed by atoms with Gasteiger partial charge in [-0.2, -0.15) is 0 Å². The third kappa shape index (κ3) is 4.91. The summed E-state index contributed by atoms with van der Waals surface area (Å²) in [6, 6.07) is 0. The minimum atomic E-state index is 0.186. The van der Waals surface area contributed by atoms with Gasteiger partial charge in [0.2, 0.25) is 0 Å². The highest BCUT2D eigenvalue weighted by molar-refractivity contribution is 5.75. The first-order valence-corrected chi connectivity index (χ1v) is 9.23. The molecule has 0 radical (unpaired) electrons. The Bertz CT molecular complexity index is 488. The van der Waals surface area contributed by atoms with E-state index in [1.54, 1.807) is 5.57 Å². The Hall–Kier alpha value is -1.15. The lowest BCUT2D eigenvalue weighted by molar-refractivity contribution is 0.0437. The summed E-state index contributed by atoms with van der Waals surface area (Å²) in [5.74, 6) is 1.65. The van der Waals surface area contributed by atoms with Crippen LogP contribution < -0.4 is 0 Å². The molecule has 0 fully saturated rings. The van der Waals surface area contributed by atoms with E-state index < -0.39 is 0 Å². The number of hydrogen-bond donors (Lipinski definition) is 1. The van der Waals surface area contributed by atoms with E-state index in [1.165, 1.54) is 37.5 Å². The Kier molecular flexibility index (Phi) is 6.83. The lowest BCUT2D eigenvalue weighted by atomic mass is 9.80. The van der Waals surface area contributed by atoms with Crippen molar-refractivity contribution >= 4 is 6.21 Å². The van der Waals surface area contributed by atoms with Gasteiger partial charge in [-0.05, 0) is 62.9 Å². The monoisotopic (exact) mass is 315 g/mol. The summed E-state index contributed by atoms with van der Waals surface area (Å²) in [4.78, 5) is 0. The first kappa shape index (κ1) is 18.2. The molecule has 4 atom stereocenters. The van der Waals surface area contributed by atoms with Crippen LogP contribution in [0, 0.1) is 23.2 Å². The molecule has 2 aliphatic rings. The Labute approximate surface area is 142 Å². The van der Waals surface area contributed by atoms with Crippen LogP contribution in [0.2, 0.25) is 0 Å². The number of rotatable bonds is 7. The van der Waals surface area contributed by atoms with Gasteiger partial charge in [0.05, 0.1) is 12.7 Å². The Morgan fingerprint density at radius 1 is 1.52 bits per heavy atom. The van der Waals surface area contributed by atoms with Crippen LogP contribution >= 0.6 is 0 Å². The second-order valence-electron chi connectivity index (χ2n) is 7.38. The maximum Gasteiger partial charge on any atom is 0.0764 e. The van der Waals surface area contributed by atoms with Gasteiger partial charge >= 0.3 is 0 Å². The summed E-state index contributed by atoms with van der Waals surface area (Å²) in [6.07, 6.45) is 13.3. The first-order valence-electron chi connectivity index (χ1n) is 9.23. The molecule has 0 amide bonds. The molecule has 0 aromatic rings. The van der Waals surface area contributed by atoms with E-state index in [0.29, 0.717) is 17.8 Å². The zero-order valence-electron chi connectivity index (χ0n) is 15.1. The molecule has 2 nitrogen and oxygen atoms in total. The Morgan fingerprint density at radius 2 is 2.30 bits per heavy atom. The van der Waals surface area contributed by atoms with Gasteiger partial charge in [0, 0.05) is 12.1 Å². The molecule has 2 heteroatoms. The van der Waals surface area contributed by atoms with Crippen LogP contribution in [0.4, 0.5) is 0 Å². The van der Waals surface area contributed by atoms with E-state index >= 15 is 0 Å². The van der Waals surface area contributed by atoms with E-state index in [1.807, 2.05) is 0 Å². The van der Waals surface area contributed by atoms with Crippen LogP contribution in [0.3, 0.4) is 0 Å². The van der Waals surface area contributed by atoms with Crippen molar-refractivity contribution in [2.45, 2.75) is 65.4 Å². The minimum absolute atomic E-state index is 0.186. The standard InChI is InChI=1S/C21H33NO/c1-5-16(3)21-9-7-6-8-18(21)14-23-20-11-15(2)10-19(12-20)17(4)13-22/h9,11,13,16,18-20,22H,4-8,10,12,14H2,1-3H3/t16-,18?,19?,20?/m0/s1. The van der Waals surface area contributed by atoms with E-state index in [2.05, 4.69) is 39.5 Å². The van der Waals surface area contributed by atoms with E-state index in [4.69, 9.17) is 10.1 Å². The number of ether oxygens (including phenoxy) is 1. The van der Waals surface area contributed by atoms with Gasteiger partial charge in [-0.25, -0.2) is 0 Å². The van der Waals surface area contributed by atoms with Gasteiger partial charge in [-0.3, -0.25) is 0 Å². The molecule has 0 saturated heterocycles. The number of nitrogens with one attached hydrogen (secondary N) is 1. The van der Waals surface area contributed by atoms with Crippen molar-refractivity contribution in [3.63, 3.8) is 0 Å². The van der Waals surface area contributed by atoms with Crippen LogP contribution in [0.15, 0.2) is 35.5 Å². The van der Waals surface area contributed by atoms with Crippen LogP contribution in [0.5, 0.6) is 0 Å². The zero-order chi connectivity index (χ0) is 16.8. The average Bonchev–Trinajstić information content (AvgIpc) is 2.58. The molecule has 0 aromatic heterocycles. The molecule has 2 rings (SSSR count). The van der Waals surface area contributed by atoms with Crippen molar-refractivity contribution in [3.05, 3.63) is 35.5 Å². The highest BCUT2D eigenvalue weighted by atomic mass is 16.5. The molecule has 23 heavy (non-hydrogen) atoms. The predicted molar refractivity (Wildman–Crippen MR) is 99.0 cm³/mol.